The van der Waals surface area contributed by atoms with Crippen LogP contribution in [-0.4, -0.2) is 50.5 Å². The lowest BCUT2D eigenvalue weighted by Crippen LogP contribution is -2.36. The van der Waals surface area contributed by atoms with E-state index in [0.29, 0.717) is 0 Å². The van der Waals surface area contributed by atoms with E-state index >= 15 is 0 Å². The van der Waals surface area contributed by atoms with Gasteiger partial charge in [0.2, 0.25) is 0 Å². The van der Waals surface area contributed by atoms with Gasteiger partial charge in [0.25, 0.3) is 0 Å². The number of aliphatic imine (C=N–C) groups is 1. The third-order valence-electron chi connectivity index (χ3n) is 3.61. The second-order valence-electron chi connectivity index (χ2n) is 5.70. The van der Waals surface area contributed by atoms with E-state index in [-0.39, 0.29) is 11.2 Å². The van der Waals surface area contributed by atoms with Crippen LogP contribution >= 0.6 is 0 Å². The number of rotatable bonds is 3. The van der Waals surface area contributed by atoms with Crippen LogP contribution in [0.2, 0.25) is 0 Å². The Hall–Kier alpha value is -1.58. The monoisotopic (exact) mass is 263 g/mol. The van der Waals surface area contributed by atoms with Crippen molar-refractivity contribution in [3.8, 4) is 0 Å². The predicted molar refractivity (Wildman–Crippen MR) is 77.0 cm³/mol. The third-order valence-corrected chi connectivity index (χ3v) is 3.61. The van der Waals surface area contributed by atoms with Crippen LogP contribution in [0.1, 0.15) is 18.4 Å². The fourth-order valence-electron chi connectivity index (χ4n) is 2.41. The lowest BCUT2D eigenvalue weighted by molar-refractivity contribution is 0.476. The smallest absolute Gasteiger partial charge is 0.195 e. The first kappa shape index (κ1) is 13.8. The molecular formula is C15H22FN3. The fourth-order valence-corrected chi connectivity index (χ4v) is 2.41. The van der Waals surface area contributed by atoms with Crippen LogP contribution in [0.4, 0.5) is 4.39 Å². The van der Waals surface area contributed by atoms with Crippen molar-refractivity contribution in [1.82, 2.24) is 9.80 Å². The first-order chi connectivity index (χ1) is 8.94. The van der Waals surface area contributed by atoms with Gasteiger partial charge in [-0.3, -0.25) is 4.99 Å². The third kappa shape index (κ3) is 3.06. The molecule has 0 radical (unpaired) electrons. The SMILES string of the molecule is CN(C)C(=NCC1(c2cccc(F)c2)CC1)N(C)C. The molecular weight excluding hydrogens is 241 g/mol. The Balaban J connectivity index is 2.16. The van der Waals surface area contributed by atoms with Crippen LogP contribution in [0.5, 0.6) is 0 Å². The van der Waals surface area contributed by atoms with E-state index < -0.39 is 0 Å². The molecule has 4 heteroatoms. The summed E-state index contributed by atoms with van der Waals surface area (Å²) in [4.78, 5) is 8.71. The molecule has 104 valence electrons. The first-order valence-electron chi connectivity index (χ1n) is 6.60. The minimum atomic E-state index is -0.159. The van der Waals surface area contributed by atoms with Crippen molar-refractivity contribution >= 4 is 5.96 Å². The van der Waals surface area contributed by atoms with E-state index in [4.69, 9.17) is 4.99 Å². The van der Waals surface area contributed by atoms with Gasteiger partial charge in [-0.05, 0) is 30.5 Å². The van der Waals surface area contributed by atoms with Crippen LogP contribution in [0.3, 0.4) is 0 Å². The molecule has 1 fully saturated rings. The Labute approximate surface area is 114 Å². The molecule has 0 bridgehead atoms. The second kappa shape index (κ2) is 5.19. The Morgan fingerprint density at radius 2 is 1.84 bits per heavy atom. The Morgan fingerprint density at radius 3 is 2.32 bits per heavy atom. The lowest BCUT2D eigenvalue weighted by Gasteiger charge is -2.24. The maximum Gasteiger partial charge on any atom is 0.195 e. The largest absolute Gasteiger partial charge is 0.349 e. The van der Waals surface area contributed by atoms with Gasteiger partial charge in [0, 0.05) is 33.6 Å². The van der Waals surface area contributed by atoms with Crippen molar-refractivity contribution in [3.63, 3.8) is 0 Å². The molecule has 0 unspecified atom stereocenters. The highest BCUT2D eigenvalue weighted by Crippen LogP contribution is 2.48. The second-order valence-corrected chi connectivity index (χ2v) is 5.70. The summed E-state index contributed by atoms with van der Waals surface area (Å²) < 4.78 is 13.3. The highest BCUT2D eigenvalue weighted by Gasteiger charge is 2.44. The molecule has 0 saturated heterocycles. The predicted octanol–water partition coefficient (Wildman–Crippen LogP) is 2.34. The van der Waals surface area contributed by atoms with E-state index in [0.717, 1.165) is 30.9 Å². The molecule has 1 aromatic carbocycles. The summed E-state index contributed by atoms with van der Waals surface area (Å²) in [6.07, 6.45) is 2.18. The molecule has 19 heavy (non-hydrogen) atoms. The van der Waals surface area contributed by atoms with E-state index in [1.807, 2.05) is 44.1 Å². The Kier molecular flexibility index (Phi) is 3.78. The van der Waals surface area contributed by atoms with Crippen molar-refractivity contribution in [2.75, 3.05) is 34.7 Å². The number of hydrogen-bond acceptors (Lipinski definition) is 1. The standard InChI is InChI=1S/C15H22FN3/c1-18(2)14(19(3)4)17-11-15(8-9-15)12-6-5-7-13(16)10-12/h5-7,10H,8-9,11H2,1-4H3. The molecule has 1 aliphatic rings. The Morgan fingerprint density at radius 1 is 1.21 bits per heavy atom. The normalized spacial score (nSPS) is 15.8. The van der Waals surface area contributed by atoms with Gasteiger partial charge in [0.1, 0.15) is 5.82 Å². The molecule has 0 aliphatic heterocycles. The van der Waals surface area contributed by atoms with Gasteiger partial charge in [-0.2, -0.15) is 0 Å². The zero-order valence-electron chi connectivity index (χ0n) is 12.2. The molecule has 0 spiro atoms. The average Bonchev–Trinajstić information content (AvgIpc) is 3.09. The zero-order chi connectivity index (χ0) is 14.0. The van der Waals surface area contributed by atoms with Crippen LogP contribution in [0.15, 0.2) is 29.3 Å². The average molecular weight is 263 g/mol. The van der Waals surface area contributed by atoms with Crippen LogP contribution in [-0.2, 0) is 5.41 Å². The molecule has 2 rings (SSSR count). The summed E-state index contributed by atoms with van der Waals surface area (Å²) in [5, 5.41) is 0. The quantitative estimate of drug-likeness (QED) is 0.616. The number of hydrogen-bond donors (Lipinski definition) is 0. The van der Waals surface area contributed by atoms with E-state index in [2.05, 4.69) is 0 Å². The van der Waals surface area contributed by atoms with Gasteiger partial charge >= 0.3 is 0 Å². The van der Waals surface area contributed by atoms with Gasteiger partial charge in [-0.15, -0.1) is 0 Å². The van der Waals surface area contributed by atoms with Crippen LogP contribution in [0.25, 0.3) is 0 Å². The highest BCUT2D eigenvalue weighted by molar-refractivity contribution is 5.79. The lowest BCUT2D eigenvalue weighted by atomic mass is 9.96. The van der Waals surface area contributed by atoms with Crippen molar-refractivity contribution < 1.29 is 4.39 Å². The Bertz CT molecular complexity index is 466. The summed E-state index contributed by atoms with van der Waals surface area (Å²) in [5.74, 6) is 0.788. The van der Waals surface area contributed by atoms with E-state index in [1.54, 1.807) is 12.1 Å². The van der Waals surface area contributed by atoms with Crippen LogP contribution in [0, 0.1) is 5.82 Å². The molecule has 0 atom stereocenters. The van der Waals surface area contributed by atoms with Crippen LogP contribution < -0.4 is 0 Å². The minimum absolute atomic E-state index is 0.0549. The fraction of sp³-hybridized carbons (Fsp3) is 0.533. The summed E-state index contributed by atoms with van der Waals surface area (Å²) in [7, 11) is 7.95. The summed E-state index contributed by atoms with van der Waals surface area (Å²) in [5.41, 5.74) is 1.13. The van der Waals surface area contributed by atoms with Crippen molar-refractivity contribution in [2.45, 2.75) is 18.3 Å². The van der Waals surface area contributed by atoms with Crippen molar-refractivity contribution in [2.24, 2.45) is 4.99 Å². The molecule has 1 aliphatic carbocycles. The topological polar surface area (TPSA) is 18.8 Å². The number of benzene rings is 1. The maximum absolute atomic E-state index is 13.3. The summed E-state index contributed by atoms with van der Waals surface area (Å²) in [6.45, 7) is 0.724. The molecule has 0 aromatic heterocycles. The van der Waals surface area contributed by atoms with E-state index in [9.17, 15) is 4.39 Å². The summed E-state index contributed by atoms with van der Waals surface area (Å²) >= 11 is 0. The van der Waals surface area contributed by atoms with Crippen molar-refractivity contribution in [1.29, 1.82) is 0 Å². The molecule has 1 saturated carbocycles. The van der Waals surface area contributed by atoms with Gasteiger partial charge < -0.3 is 9.80 Å². The summed E-state index contributed by atoms with van der Waals surface area (Å²) in [6, 6.07) is 6.94. The highest BCUT2D eigenvalue weighted by atomic mass is 19.1. The first-order valence-corrected chi connectivity index (χ1v) is 6.60. The van der Waals surface area contributed by atoms with Gasteiger partial charge in [0.15, 0.2) is 5.96 Å². The molecule has 3 nitrogen and oxygen atoms in total. The van der Waals surface area contributed by atoms with E-state index in [1.165, 1.54) is 6.07 Å². The molecule has 0 N–H and O–H groups in total. The minimum Gasteiger partial charge on any atom is -0.349 e. The molecule has 0 amide bonds. The van der Waals surface area contributed by atoms with Gasteiger partial charge in [-0.1, -0.05) is 12.1 Å². The molecule has 0 heterocycles. The molecule has 1 aromatic rings. The maximum atomic E-state index is 13.3. The number of halogens is 1. The van der Waals surface area contributed by atoms with Gasteiger partial charge in [0.05, 0.1) is 6.54 Å². The zero-order valence-corrected chi connectivity index (χ0v) is 12.2. The number of guanidine groups is 1. The van der Waals surface area contributed by atoms with Gasteiger partial charge in [-0.25, -0.2) is 4.39 Å². The van der Waals surface area contributed by atoms with Crippen molar-refractivity contribution in [3.05, 3.63) is 35.6 Å². The number of nitrogens with zero attached hydrogens (tertiary/aromatic N) is 3.